The fraction of sp³-hybridized carbons (Fsp3) is 0.111. The molecule has 0 aliphatic heterocycles. The Hall–Kier alpha value is -3.09. The quantitative estimate of drug-likeness (QED) is 0.474. The summed E-state index contributed by atoms with van der Waals surface area (Å²) in [6, 6.07) is 4.72. The molecule has 0 saturated heterocycles. The Morgan fingerprint density at radius 1 is 0.839 bits per heavy atom. The molecule has 1 aromatic heterocycles. The topological polar surface area (TPSA) is 62.0 Å². The van der Waals surface area contributed by atoms with Gasteiger partial charge in [0.2, 0.25) is 0 Å². The molecule has 0 saturated carbocycles. The molecular weight excluding hydrogens is 460 g/mol. The van der Waals surface area contributed by atoms with Gasteiger partial charge in [0, 0.05) is 18.0 Å². The lowest BCUT2D eigenvalue weighted by atomic mass is 10.1. The monoisotopic (exact) mass is 470 g/mol. The van der Waals surface area contributed by atoms with Crippen LogP contribution >= 0.6 is 0 Å². The predicted molar refractivity (Wildman–Crippen MR) is 93.4 cm³/mol. The molecule has 0 spiro atoms. The lowest BCUT2D eigenvalue weighted by Crippen LogP contribution is -2.15. The van der Waals surface area contributed by atoms with E-state index < -0.39 is 55.7 Å². The Morgan fingerprint density at radius 2 is 1.52 bits per heavy atom. The summed E-state index contributed by atoms with van der Waals surface area (Å²) in [5.41, 5.74) is -4.02. The van der Waals surface area contributed by atoms with Crippen LogP contribution in [0.15, 0.2) is 53.6 Å². The minimum Gasteiger partial charge on any atom is -0.360 e. The van der Waals surface area contributed by atoms with Crippen molar-refractivity contribution >= 4 is 15.7 Å². The maximum Gasteiger partial charge on any atom is 0.419 e. The highest BCUT2D eigenvalue weighted by molar-refractivity contribution is 7.92. The van der Waals surface area contributed by atoms with Gasteiger partial charge in [-0.3, -0.25) is 4.72 Å². The molecule has 0 amide bonds. The molecule has 1 heterocycles. The van der Waals surface area contributed by atoms with Crippen molar-refractivity contribution in [3.8, 4) is 11.3 Å². The first-order valence-corrected chi connectivity index (χ1v) is 9.62. The normalized spacial score (nSPS) is 12.8. The van der Waals surface area contributed by atoms with Gasteiger partial charge < -0.3 is 4.98 Å². The fourth-order valence-corrected chi connectivity index (χ4v) is 3.66. The molecule has 4 nitrogen and oxygen atoms in total. The number of sulfonamides is 1. The van der Waals surface area contributed by atoms with Crippen LogP contribution in [0.25, 0.3) is 11.3 Å². The molecular formula is C18H10F8N2O2S. The lowest BCUT2D eigenvalue weighted by Gasteiger charge is -2.12. The van der Waals surface area contributed by atoms with Crippen molar-refractivity contribution in [2.45, 2.75) is 17.2 Å². The van der Waals surface area contributed by atoms with Crippen molar-refractivity contribution in [2.24, 2.45) is 0 Å². The summed E-state index contributed by atoms with van der Waals surface area (Å²) in [7, 11) is -4.62. The van der Waals surface area contributed by atoms with E-state index in [0.717, 1.165) is 30.5 Å². The molecule has 0 bridgehead atoms. The third-order valence-electron chi connectivity index (χ3n) is 4.07. The molecule has 3 aromatic rings. The molecule has 0 radical (unpaired) electrons. The van der Waals surface area contributed by atoms with E-state index in [-0.39, 0.29) is 23.4 Å². The second kappa shape index (κ2) is 7.55. The van der Waals surface area contributed by atoms with Gasteiger partial charge in [0.05, 0.1) is 16.8 Å². The van der Waals surface area contributed by atoms with Gasteiger partial charge in [-0.05, 0) is 29.8 Å². The minimum absolute atomic E-state index is 0.0111. The zero-order valence-corrected chi connectivity index (χ0v) is 15.7. The SMILES string of the molecule is O=S(=O)(Nc1cc(F)c(C(F)(F)F)cc1F)c1c[nH]c(-c2cccc(C(F)(F)F)c2)c1. The number of aromatic nitrogens is 1. The predicted octanol–water partition coefficient (Wildman–Crippen LogP) is 5.80. The Labute approximate surface area is 169 Å². The van der Waals surface area contributed by atoms with Gasteiger partial charge in [0.15, 0.2) is 0 Å². The van der Waals surface area contributed by atoms with Crippen molar-refractivity contribution in [2.75, 3.05) is 4.72 Å². The van der Waals surface area contributed by atoms with E-state index in [1.165, 1.54) is 6.07 Å². The Bertz CT molecular complexity index is 1230. The van der Waals surface area contributed by atoms with E-state index in [1.54, 1.807) is 4.72 Å². The van der Waals surface area contributed by atoms with Gasteiger partial charge in [-0.25, -0.2) is 17.2 Å². The molecule has 2 aromatic carbocycles. The maximum atomic E-state index is 13.9. The number of hydrogen-bond acceptors (Lipinski definition) is 2. The largest absolute Gasteiger partial charge is 0.419 e. The number of nitrogens with one attached hydrogen (secondary N) is 2. The lowest BCUT2D eigenvalue weighted by molar-refractivity contribution is -0.140. The summed E-state index contributed by atoms with van der Waals surface area (Å²) < 4.78 is 130. The van der Waals surface area contributed by atoms with E-state index in [9.17, 15) is 43.5 Å². The van der Waals surface area contributed by atoms with Crippen molar-refractivity contribution in [3.63, 3.8) is 0 Å². The van der Waals surface area contributed by atoms with Crippen molar-refractivity contribution in [3.05, 3.63) is 71.4 Å². The van der Waals surface area contributed by atoms with Gasteiger partial charge in [0.25, 0.3) is 10.0 Å². The number of alkyl halides is 6. The van der Waals surface area contributed by atoms with E-state index in [4.69, 9.17) is 0 Å². The molecule has 31 heavy (non-hydrogen) atoms. The van der Waals surface area contributed by atoms with Gasteiger partial charge in [-0.1, -0.05) is 12.1 Å². The van der Waals surface area contributed by atoms with Crippen LogP contribution in [0.5, 0.6) is 0 Å². The first-order chi connectivity index (χ1) is 14.2. The summed E-state index contributed by atoms with van der Waals surface area (Å²) in [6.07, 6.45) is -8.96. The highest BCUT2D eigenvalue weighted by Gasteiger charge is 2.35. The van der Waals surface area contributed by atoms with E-state index in [1.807, 2.05) is 0 Å². The Kier molecular flexibility index (Phi) is 5.50. The molecule has 0 aliphatic rings. The van der Waals surface area contributed by atoms with Crippen LogP contribution in [0.3, 0.4) is 0 Å². The molecule has 0 aliphatic carbocycles. The summed E-state index contributed by atoms with van der Waals surface area (Å²) in [4.78, 5) is 1.87. The second-order valence-electron chi connectivity index (χ2n) is 6.24. The van der Waals surface area contributed by atoms with Gasteiger partial charge in [0.1, 0.15) is 16.5 Å². The smallest absolute Gasteiger partial charge is 0.360 e. The van der Waals surface area contributed by atoms with Gasteiger partial charge >= 0.3 is 12.4 Å². The van der Waals surface area contributed by atoms with E-state index in [0.29, 0.717) is 0 Å². The molecule has 13 heteroatoms. The first kappa shape index (κ1) is 22.6. The standard InChI is InChI=1S/C18H10F8N2O2S/c19-13-7-16(14(20)6-12(13)18(24,25)26)28-31(29,30)11-5-15(27-8-11)9-2-1-3-10(4-9)17(21,22)23/h1-8,27-28H. The average molecular weight is 470 g/mol. The summed E-state index contributed by atoms with van der Waals surface area (Å²) in [5.74, 6) is -3.57. The Balaban J connectivity index is 1.92. The van der Waals surface area contributed by atoms with Crippen LogP contribution in [0, 0.1) is 11.6 Å². The van der Waals surface area contributed by atoms with E-state index in [2.05, 4.69) is 4.98 Å². The van der Waals surface area contributed by atoms with Gasteiger partial charge in [-0.2, -0.15) is 26.3 Å². The highest BCUT2D eigenvalue weighted by atomic mass is 32.2. The highest BCUT2D eigenvalue weighted by Crippen LogP contribution is 2.35. The number of anilines is 1. The van der Waals surface area contributed by atoms with Crippen LogP contribution < -0.4 is 4.72 Å². The van der Waals surface area contributed by atoms with Crippen molar-refractivity contribution < 1.29 is 43.5 Å². The third-order valence-corrected chi connectivity index (χ3v) is 5.42. The fourth-order valence-electron chi connectivity index (χ4n) is 2.61. The molecule has 166 valence electrons. The summed E-state index contributed by atoms with van der Waals surface area (Å²) in [5, 5.41) is 0. The maximum absolute atomic E-state index is 13.9. The number of H-pyrrole nitrogens is 1. The summed E-state index contributed by atoms with van der Waals surface area (Å²) >= 11 is 0. The number of rotatable bonds is 4. The van der Waals surface area contributed by atoms with Crippen LogP contribution in [0.4, 0.5) is 40.8 Å². The second-order valence-corrected chi connectivity index (χ2v) is 7.93. The van der Waals surface area contributed by atoms with Crippen LogP contribution in [0.2, 0.25) is 0 Å². The molecule has 2 N–H and O–H groups in total. The average Bonchev–Trinajstić information content (AvgIpc) is 3.14. The first-order valence-electron chi connectivity index (χ1n) is 8.13. The van der Waals surface area contributed by atoms with E-state index >= 15 is 0 Å². The van der Waals surface area contributed by atoms with Gasteiger partial charge in [-0.15, -0.1) is 0 Å². The van der Waals surface area contributed by atoms with Crippen LogP contribution in [-0.2, 0) is 22.4 Å². The Morgan fingerprint density at radius 3 is 2.13 bits per heavy atom. The van der Waals surface area contributed by atoms with Crippen molar-refractivity contribution in [1.82, 2.24) is 4.98 Å². The molecule has 0 fully saturated rings. The molecule has 0 unspecified atom stereocenters. The number of aromatic amines is 1. The van der Waals surface area contributed by atoms with Crippen molar-refractivity contribution in [1.29, 1.82) is 0 Å². The third kappa shape index (κ3) is 4.81. The van der Waals surface area contributed by atoms with Crippen LogP contribution in [-0.4, -0.2) is 13.4 Å². The zero-order valence-electron chi connectivity index (χ0n) is 14.9. The van der Waals surface area contributed by atoms with Crippen LogP contribution in [0.1, 0.15) is 11.1 Å². The minimum atomic E-state index is -5.19. The molecule has 0 atom stereocenters. The molecule has 3 rings (SSSR count). The summed E-state index contributed by atoms with van der Waals surface area (Å²) in [6.45, 7) is 0. The number of hydrogen-bond donors (Lipinski definition) is 2. The number of halogens is 8. The zero-order chi connectivity index (χ0) is 23.2. The number of benzene rings is 2.